The summed E-state index contributed by atoms with van der Waals surface area (Å²) in [6.07, 6.45) is 2.67. The van der Waals surface area contributed by atoms with Crippen molar-refractivity contribution < 1.29 is 4.79 Å². The van der Waals surface area contributed by atoms with Crippen molar-refractivity contribution in [1.82, 2.24) is 4.90 Å². The summed E-state index contributed by atoms with van der Waals surface area (Å²) >= 11 is 0. The van der Waals surface area contributed by atoms with Gasteiger partial charge in [-0.05, 0) is 39.2 Å². The lowest BCUT2D eigenvalue weighted by Crippen LogP contribution is -2.40. The third kappa shape index (κ3) is 3.20. The van der Waals surface area contributed by atoms with Crippen molar-refractivity contribution in [3.63, 3.8) is 0 Å². The zero-order valence-electron chi connectivity index (χ0n) is 11.6. The van der Waals surface area contributed by atoms with Gasteiger partial charge < -0.3 is 0 Å². The van der Waals surface area contributed by atoms with E-state index in [1.54, 1.807) is 0 Å². The number of ketones is 1. The number of hydrogen-bond acceptors (Lipinski definition) is 2. The minimum absolute atomic E-state index is 0.00157. The number of aryl methyl sites for hydroxylation is 1. The SMILES string of the molecule is CCN(CC1CC1)C(C)C(=O)c1ccc(C)cc1. The van der Waals surface area contributed by atoms with Crippen molar-refractivity contribution in [1.29, 1.82) is 0 Å². The van der Waals surface area contributed by atoms with E-state index in [0.717, 1.165) is 24.6 Å². The van der Waals surface area contributed by atoms with Crippen molar-refractivity contribution in [2.45, 2.75) is 39.7 Å². The van der Waals surface area contributed by atoms with Gasteiger partial charge in [0, 0.05) is 12.1 Å². The van der Waals surface area contributed by atoms with Gasteiger partial charge in [-0.15, -0.1) is 0 Å². The largest absolute Gasteiger partial charge is 0.294 e. The van der Waals surface area contributed by atoms with Gasteiger partial charge in [0.1, 0.15) is 0 Å². The Morgan fingerprint density at radius 3 is 2.44 bits per heavy atom. The molecular formula is C16H23NO. The van der Waals surface area contributed by atoms with E-state index < -0.39 is 0 Å². The van der Waals surface area contributed by atoms with Crippen LogP contribution in [0, 0.1) is 12.8 Å². The molecule has 1 saturated carbocycles. The van der Waals surface area contributed by atoms with Crippen molar-refractivity contribution in [2.75, 3.05) is 13.1 Å². The van der Waals surface area contributed by atoms with E-state index in [0.29, 0.717) is 0 Å². The van der Waals surface area contributed by atoms with Gasteiger partial charge in [-0.1, -0.05) is 36.8 Å². The normalized spacial score (nSPS) is 16.9. The Labute approximate surface area is 110 Å². The van der Waals surface area contributed by atoms with Crippen molar-refractivity contribution in [2.24, 2.45) is 5.92 Å². The lowest BCUT2D eigenvalue weighted by Gasteiger charge is -2.26. The second-order valence-corrected chi connectivity index (χ2v) is 5.44. The van der Waals surface area contributed by atoms with E-state index in [4.69, 9.17) is 0 Å². The van der Waals surface area contributed by atoms with Gasteiger partial charge in [-0.2, -0.15) is 0 Å². The molecule has 0 N–H and O–H groups in total. The van der Waals surface area contributed by atoms with Crippen LogP contribution in [0.2, 0.25) is 0 Å². The number of carbonyl (C=O) groups is 1. The summed E-state index contributed by atoms with van der Waals surface area (Å²) in [7, 11) is 0. The first-order chi connectivity index (χ1) is 8.61. The number of likely N-dealkylation sites (N-methyl/N-ethyl adjacent to an activating group) is 1. The minimum atomic E-state index is -0.00157. The van der Waals surface area contributed by atoms with Crippen LogP contribution in [-0.4, -0.2) is 29.8 Å². The van der Waals surface area contributed by atoms with Crippen LogP contribution in [0.1, 0.15) is 42.6 Å². The van der Waals surface area contributed by atoms with E-state index in [2.05, 4.69) is 11.8 Å². The molecule has 0 amide bonds. The number of Topliss-reactive ketones (excluding diaryl/α,β-unsaturated/α-hetero) is 1. The molecule has 1 unspecified atom stereocenters. The van der Waals surface area contributed by atoms with Gasteiger partial charge >= 0.3 is 0 Å². The third-order valence-corrected chi connectivity index (χ3v) is 3.86. The van der Waals surface area contributed by atoms with Crippen LogP contribution >= 0.6 is 0 Å². The third-order valence-electron chi connectivity index (χ3n) is 3.86. The van der Waals surface area contributed by atoms with E-state index in [1.165, 1.54) is 18.4 Å². The average molecular weight is 245 g/mol. The summed E-state index contributed by atoms with van der Waals surface area (Å²) in [5.74, 6) is 1.08. The summed E-state index contributed by atoms with van der Waals surface area (Å²) in [6, 6.07) is 7.91. The van der Waals surface area contributed by atoms with Crippen molar-refractivity contribution in [3.05, 3.63) is 35.4 Å². The predicted molar refractivity (Wildman–Crippen MR) is 74.9 cm³/mol. The van der Waals surface area contributed by atoms with Gasteiger partial charge in [0.05, 0.1) is 6.04 Å². The molecule has 1 aromatic rings. The number of carbonyl (C=O) groups excluding carboxylic acids is 1. The summed E-state index contributed by atoms with van der Waals surface area (Å²) in [4.78, 5) is 14.7. The lowest BCUT2D eigenvalue weighted by atomic mass is 10.0. The highest BCUT2D eigenvalue weighted by Crippen LogP contribution is 2.30. The first-order valence-electron chi connectivity index (χ1n) is 6.96. The average Bonchev–Trinajstić information content (AvgIpc) is 3.19. The number of nitrogens with zero attached hydrogens (tertiary/aromatic N) is 1. The molecule has 0 radical (unpaired) electrons. The van der Waals surface area contributed by atoms with Gasteiger partial charge in [-0.3, -0.25) is 9.69 Å². The Balaban J connectivity index is 2.03. The van der Waals surface area contributed by atoms with Gasteiger partial charge in [-0.25, -0.2) is 0 Å². The molecule has 0 bridgehead atoms. The Bertz CT molecular complexity index is 406. The molecule has 1 aromatic carbocycles. The molecular weight excluding hydrogens is 222 g/mol. The molecule has 1 atom stereocenters. The fourth-order valence-electron chi connectivity index (χ4n) is 2.32. The van der Waals surface area contributed by atoms with Crippen LogP contribution in [0.5, 0.6) is 0 Å². The number of hydrogen-bond donors (Lipinski definition) is 0. The summed E-state index contributed by atoms with van der Waals surface area (Å²) in [5.41, 5.74) is 2.03. The number of benzene rings is 1. The fourth-order valence-corrected chi connectivity index (χ4v) is 2.32. The lowest BCUT2D eigenvalue weighted by molar-refractivity contribution is 0.0839. The fraction of sp³-hybridized carbons (Fsp3) is 0.562. The van der Waals surface area contributed by atoms with E-state index >= 15 is 0 Å². The van der Waals surface area contributed by atoms with Crippen LogP contribution < -0.4 is 0 Å². The zero-order chi connectivity index (χ0) is 13.1. The van der Waals surface area contributed by atoms with Gasteiger partial charge in [0.25, 0.3) is 0 Å². The summed E-state index contributed by atoms with van der Waals surface area (Å²) in [6.45, 7) is 8.25. The van der Waals surface area contributed by atoms with E-state index in [1.807, 2.05) is 38.1 Å². The molecule has 0 saturated heterocycles. The molecule has 0 aromatic heterocycles. The quantitative estimate of drug-likeness (QED) is 0.717. The van der Waals surface area contributed by atoms with Crippen molar-refractivity contribution >= 4 is 5.78 Å². The highest BCUT2D eigenvalue weighted by Gasteiger charge is 2.28. The highest BCUT2D eigenvalue weighted by molar-refractivity contribution is 5.99. The highest BCUT2D eigenvalue weighted by atomic mass is 16.1. The molecule has 1 fully saturated rings. The summed E-state index contributed by atoms with van der Waals surface area (Å²) in [5, 5.41) is 0. The minimum Gasteiger partial charge on any atom is -0.294 e. The van der Waals surface area contributed by atoms with Crippen molar-refractivity contribution in [3.8, 4) is 0 Å². The van der Waals surface area contributed by atoms with Crippen LogP contribution in [0.15, 0.2) is 24.3 Å². The molecule has 0 aliphatic heterocycles. The first kappa shape index (κ1) is 13.3. The Kier molecular flexibility index (Phi) is 4.18. The van der Waals surface area contributed by atoms with E-state index in [-0.39, 0.29) is 11.8 Å². The standard InChI is InChI=1S/C16H23NO/c1-4-17(11-14-7-8-14)13(3)16(18)15-9-5-12(2)6-10-15/h5-6,9-10,13-14H,4,7-8,11H2,1-3H3. The molecule has 2 heteroatoms. The van der Waals surface area contributed by atoms with Crippen LogP contribution in [-0.2, 0) is 0 Å². The first-order valence-corrected chi connectivity index (χ1v) is 6.96. The molecule has 1 aliphatic rings. The van der Waals surface area contributed by atoms with Crippen LogP contribution in [0.25, 0.3) is 0 Å². The van der Waals surface area contributed by atoms with Crippen LogP contribution in [0.4, 0.5) is 0 Å². The smallest absolute Gasteiger partial charge is 0.179 e. The molecule has 1 aliphatic carbocycles. The molecule has 98 valence electrons. The molecule has 2 nitrogen and oxygen atoms in total. The maximum Gasteiger partial charge on any atom is 0.179 e. The Morgan fingerprint density at radius 2 is 1.94 bits per heavy atom. The van der Waals surface area contributed by atoms with Crippen LogP contribution in [0.3, 0.4) is 0 Å². The maximum absolute atomic E-state index is 12.4. The Hall–Kier alpha value is -1.15. The summed E-state index contributed by atoms with van der Waals surface area (Å²) < 4.78 is 0. The molecule has 0 heterocycles. The topological polar surface area (TPSA) is 20.3 Å². The predicted octanol–water partition coefficient (Wildman–Crippen LogP) is 3.30. The molecule has 18 heavy (non-hydrogen) atoms. The van der Waals surface area contributed by atoms with Gasteiger partial charge in [0.2, 0.25) is 0 Å². The maximum atomic E-state index is 12.4. The number of rotatable bonds is 6. The second kappa shape index (κ2) is 5.66. The monoisotopic (exact) mass is 245 g/mol. The van der Waals surface area contributed by atoms with Gasteiger partial charge in [0.15, 0.2) is 5.78 Å². The second-order valence-electron chi connectivity index (χ2n) is 5.44. The molecule has 2 rings (SSSR count). The Morgan fingerprint density at radius 1 is 1.33 bits per heavy atom. The zero-order valence-corrected chi connectivity index (χ0v) is 11.6. The molecule has 0 spiro atoms. The van der Waals surface area contributed by atoms with E-state index in [9.17, 15) is 4.79 Å².